The molecule has 0 aliphatic carbocycles. The Morgan fingerprint density at radius 1 is 1.69 bits per heavy atom. The second kappa shape index (κ2) is 5.48. The van der Waals surface area contributed by atoms with Crippen LogP contribution in [0.3, 0.4) is 0 Å². The van der Waals surface area contributed by atoms with Crippen LogP contribution in [0.25, 0.3) is 0 Å². The maximum Gasteiger partial charge on any atom is 0.232 e. The summed E-state index contributed by atoms with van der Waals surface area (Å²) >= 11 is 5.93. The van der Waals surface area contributed by atoms with E-state index in [9.17, 15) is 0 Å². The van der Waals surface area contributed by atoms with Crippen molar-refractivity contribution >= 4 is 11.6 Å². The highest BCUT2D eigenvalue weighted by atomic mass is 35.5. The Morgan fingerprint density at radius 2 is 2.56 bits per heavy atom. The number of pyridine rings is 1. The first kappa shape index (κ1) is 11.6. The molecule has 0 spiro atoms. The van der Waals surface area contributed by atoms with Crippen LogP contribution in [0.5, 0.6) is 5.88 Å². The Bertz CT molecular complexity index is 349. The number of nitrogens with zero attached hydrogens (tertiary/aromatic N) is 2. The molecular weight excluding hydrogens is 228 g/mol. The maximum atomic E-state index is 5.93. The number of likely N-dealkylation sites (N-methyl/N-ethyl adjacent to an activating group) is 1. The summed E-state index contributed by atoms with van der Waals surface area (Å²) in [6.07, 6.45) is 1.76. The predicted octanol–water partition coefficient (Wildman–Crippen LogP) is 1.44. The minimum absolute atomic E-state index is 0.0943. The molecule has 1 saturated heterocycles. The third kappa shape index (κ3) is 3.07. The molecule has 5 heteroatoms. The fraction of sp³-hybridized carbons (Fsp3) is 0.545. The minimum atomic E-state index is 0.0943. The summed E-state index contributed by atoms with van der Waals surface area (Å²) < 4.78 is 11.1. The highest BCUT2D eigenvalue weighted by Gasteiger charge is 2.18. The molecule has 0 amide bonds. The van der Waals surface area contributed by atoms with Crippen LogP contribution in [-0.4, -0.2) is 49.3 Å². The molecule has 2 heterocycles. The van der Waals surface area contributed by atoms with Crippen LogP contribution in [0.15, 0.2) is 18.3 Å². The second-order valence-electron chi connectivity index (χ2n) is 3.86. The van der Waals surface area contributed by atoms with E-state index >= 15 is 0 Å². The van der Waals surface area contributed by atoms with E-state index in [1.807, 2.05) is 0 Å². The van der Waals surface area contributed by atoms with E-state index in [0.717, 1.165) is 19.7 Å². The summed E-state index contributed by atoms with van der Waals surface area (Å²) in [6.45, 7) is 3.09. The van der Waals surface area contributed by atoms with E-state index < -0.39 is 0 Å². The molecule has 0 radical (unpaired) electrons. The topological polar surface area (TPSA) is 34.6 Å². The smallest absolute Gasteiger partial charge is 0.232 e. The molecule has 1 aliphatic heterocycles. The summed E-state index contributed by atoms with van der Waals surface area (Å²) in [6, 6.07) is 3.54. The van der Waals surface area contributed by atoms with Crippen LogP contribution in [-0.2, 0) is 4.74 Å². The summed E-state index contributed by atoms with van der Waals surface area (Å²) in [5.74, 6) is 0.473. The summed E-state index contributed by atoms with van der Waals surface area (Å²) in [7, 11) is 2.07. The van der Waals surface area contributed by atoms with Crippen molar-refractivity contribution in [3.8, 4) is 5.88 Å². The molecule has 0 N–H and O–H groups in total. The van der Waals surface area contributed by atoms with Crippen molar-refractivity contribution in [3.05, 3.63) is 23.4 Å². The zero-order chi connectivity index (χ0) is 11.4. The molecule has 1 atom stereocenters. The van der Waals surface area contributed by atoms with Crippen molar-refractivity contribution in [1.82, 2.24) is 9.88 Å². The van der Waals surface area contributed by atoms with Crippen LogP contribution in [0.2, 0.25) is 5.02 Å². The molecule has 4 nitrogen and oxygen atoms in total. The zero-order valence-corrected chi connectivity index (χ0v) is 9.98. The number of rotatable bonds is 3. The van der Waals surface area contributed by atoms with Crippen molar-refractivity contribution in [3.63, 3.8) is 0 Å². The monoisotopic (exact) mass is 242 g/mol. The molecule has 1 aliphatic rings. The average Bonchev–Trinajstić information content (AvgIpc) is 2.28. The Labute approximate surface area is 100 Å². The third-order valence-electron chi connectivity index (χ3n) is 2.47. The second-order valence-corrected chi connectivity index (χ2v) is 4.26. The largest absolute Gasteiger partial charge is 0.474 e. The first-order valence-corrected chi connectivity index (χ1v) is 5.67. The van der Waals surface area contributed by atoms with Gasteiger partial charge in [-0.05, 0) is 19.2 Å². The van der Waals surface area contributed by atoms with Gasteiger partial charge in [-0.2, -0.15) is 0 Å². The van der Waals surface area contributed by atoms with Gasteiger partial charge in [0.2, 0.25) is 5.88 Å². The van der Waals surface area contributed by atoms with Gasteiger partial charge in [-0.25, -0.2) is 4.98 Å². The number of halogens is 1. The van der Waals surface area contributed by atoms with Crippen molar-refractivity contribution in [2.45, 2.75) is 6.10 Å². The minimum Gasteiger partial charge on any atom is -0.474 e. The number of ether oxygens (including phenoxy) is 2. The molecule has 16 heavy (non-hydrogen) atoms. The van der Waals surface area contributed by atoms with Gasteiger partial charge < -0.3 is 14.4 Å². The van der Waals surface area contributed by atoms with Gasteiger partial charge in [0.05, 0.1) is 6.61 Å². The fourth-order valence-electron chi connectivity index (χ4n) is 1.62. The van der Waals surface area contributed by atoms with Crippen molar-refractivity contribution in [1.29, 1.82) is 0 Å². The van der Waals surface area contributed by atoms with Crippen molar-refractivity contribution < 1.29 is 9.47 Å². The Kier molecular flexibility index (Phi) is 3.98. The highest BCUT2D eigenvalue weighted by molar-refractivity contribution is 6.31. The average molecular weight is 243 g/mol. The van der Waals surface area contributed by atoms with E-state index in [1.54, 1.807) is 18.3 Å². The number of morpholine rings is 1. The van der Waals surface area contributed by atoms with Gasteiger partial charge in [-0.3, -0.25) is 0 Å². The van der Waals surface area contributed by atoms with E-state index in [-0.39, 0.29) is 6.10 Å². The lowest BCUT2D eigenvalue weighted by atomic mass is 10.3. The van der Waals surface area contributed by atoms with Gasteiger partial charge in [0.25, 0.3) is 0 Å². The molecule has 1 fully saturated rings. The fourth-order valence-corrected chi connectivity index (χ4v) is 1.79. The van der Waals surface area contributed by atoms with E-state index in [4.69, 9.17) is 21.1 Å². The summed E-state index contributed by atoms with van der Waals surface area (Å²) in [5.41, 5.74) is 0. The van der Waals surface area contributed by atoms with Gasteiger partial charge in [0.15, 0.2) is 0 Å². The predicted molar refractivity (Wildman–Crippen MR) is 62.0 cm³/mol. The Hall–Kier alpha value is -0.840. The van der Waals surface area contributed by atoms with Gasteiger partial charge >= 0.3 is 0 Å². The van der Waals surface area contributed by atoms with Crippen LogP contribution in [0.4, 0.5) is 0 Å². The quantitative estimate of drug-likeness (QED) is 0.804. The first-order valence-electron chi connectivity index (χ1n) is 5.29. The standard InChI is InChI=1S/C11H15ClN2O2/c1-14-5-6-15-9(7-14)8-16-11-10(12)3-2-4-13-11/h2-4,9H,5-8H2,1H3. The molecule has 0 aromatic carbocycles. The first-order chi connectivity index (χ1) is 7.75. The zero-order valence-electron chi connectivity index (χ0n) is 9.23. The summed E-state index contributed by atoms with van der Waals surface area (Å²) in [5, 5.41) is 0.534. The normalized spacial score (nSPS) is 22.0. The lowest BCUT2D eigenvalue weighted by Crippen LogP contribution is -2.42. The van der Waals surface area contributed by atoms with Crippen molar-refractivity contribution in [2.24, 2.45) is 0 Å². The number of hydrogen-bond donors (Lipinski definition) is 0. The summed E-state index contributed by atoms with van der Waals surface area (Å²) in [4.78, 5) is 6.28. The highest BCUT2D eigenvalue weighted by Crippen LogP contribution is 2.20. The lowest BCUT2D eigenvalue weighted by molar-refractivity contribution is -0.0409. The molecule has 1 aromatic heterocycles. The Balaban J connectivity index is 1.85. The van der Waals surface area contributed by atoms with E-state index in [1.165, 1.54) is 0 Å². The van der Waals surface area contributed by atoms with Crippen LogP contribution in [0, 0.1) is 0 Å². The van der Waals surface area contributed by atoms with Gasteiger partial charge in [0, 0.05) is 19.3 Å². The van der Waals surface area contributed by atoms with Crippen LogP contribution >= 0.6 is 11.6 Å². The maximum absolute atomic E-state index is 5.93. The Morgan fingerprint density at radius 3 is 3.31 bits per heavy atom. The molecular formula is C11H15ClN2O2. The molecule has 1 unspecified atom stereocenters. The van der Waals surface area contributed by atoms with Gasteiger partial charge in [-0.1, -0.05) is 11.6 Å². The van der Waals surface area contributed by atoms with E-state index in [2.05, 4.69) is 16.9 Å². The number of hydrogen-bond acceptors (Lipinski definition) is 4. The molecule has 2 rings (SSSR count). The van der Waals surface area contributed by atoms with Gasteiger partial charge in [-0.15, -0.1) is 0 Å². The van der Waals surface area contributed by atoms with Gasteiger partial charge in [0.1, 0.15) is 17.7 Å². The third-order valence-corrected chi connectivity index (χ3v) is 2.76. The molecule has 0 bridgehead atoms. The van der Waals surface area contributed by atoms with E-state index in [0.29, 0.717) is 17.5 Å². The SMILES string of the molecule is CN1CCOC(COc2ncccc2Cl)C1. The number of aromatic nitrogens is 1. The van der Waals surface area contributed by atoms with Crippen LogP contribution in [0.1, 0.15) is 0 Å². The molecule has 1 aromatic rings. The lowest BCUT2D eigenvalue weighted by Gasteiger charge is -2.29. The van der Waals surface area contributed by atoms with Crippen LogP contribution < -0.4 is 4.74 Å². The molecule has 88 valence electrons. The molecule has 0 saturated carbocycles. The van der Waals surface area contributed by atoms with Crippen molar-refractivity contribution in [2.75, 3.05) is 33.4 Å².